The maximum atomic E-state index is 6.26. The molecule has 1 aliphatic rings. The molecule has 3 atom stereocenters. The first-order chi connectivity index (χ1) is 9.59. The third-order valence-electron chi connectivity index (χ3n) is 4.25. The van der Waals surface area contributed by atoms with Crippen molar-refractivity contribution in [2.24, 2.45) is 5.73 Å². The highest BCUT2D eigenvalue weighted by Crippen LogP contribution is 2.26. The monoisotopic (exact) mass is 276 g/mol. The summed E-state index contributed by atoms with van der Waals surface area (Å²) in [5.74, 6) is 0. The molecule has 1 aliphatic heterocycles. The number of benzene rings is 1. The Labute approximate surface area is 123 Å². The molecular weight excluding hydrogens is 248 g/mol. The zero-order valence-corrected chi connectivity index (χ0v) is 13.0. The van der Waals surface area contributed by atoms with Crippen LogP contribution < -0.4 is 5.73 Å². The van der Waals surface area contributed by atoms with E-state index in [0.29, 0.717) is 6.10 Å². The fourth-order valence-corrected chi connectivity index (χ4v) is 3.23. The lowest BCUT2D eigenvalue weighted by Crippen LogP contribution is -2.42. The summed E-state index contributed by atoms with van der Waals surface area (Å²) in [6.45, 7) is 6.12. The first-order valence-electron chi connectivity index (χ1n) is 7.72. The zero-order chi connectivity index (χ0) is 14.5. The molecular formula is C17H28N2O. The van der Waals surface area contributed by atoms with E-state index >= 15 is 0 Å². The largest absolute Gasteiger partial charge is 0.377 e. The number of nitrogens with zero attached hydrogens (tertiary/aromatic N) is 1. The summed E-state index contributed by atoms with van der Waals surface area (Å²) in [6.07, 6.45) is 4.02. The number of likely N-dealkylation sites (N-methyl/N-ethyl adjacent to an activating group) is 1. The molecule has 1 aromatic rings. The topological polar surface area (TPSA) is 38.5 Å². The molecule has 2 N–H and O–H groups in total. The molecule has 1 heterocycles. The van der Waals surface area contributed by atoms with Crippen LogP contribution in [-0.2, 0) is 4.74 Å². The van der Waals surface area contributed by atoms with E-state index in [9.17, 15) is 0 Å². The van der Waals surface area contributed by atoms with Crippen LogP contribution in [0, 0.1) is 6.92 Å². The summed E-state index contributed by atoms with van der Waals surface area (Å²) >= 11 is 0. The first-order valence-corrected chi connectivity index (χ1v) is 7.72. The van der Waals surface area contributed by atoms with Gasteiger partial charge < -0.3 is 10.5 Å². The van der Waals surface area contributed by atoms with Crippen LogP contribution in [0.3, 0.4) is 0 Å². The van der Waals surface area contributed by atoms with Gasteiger partial charge in [0.1, 0.15) is 0 Å². The molecule has 0 amide bonds. The van der Waals surface area contributed by atoms with E-state index in [1.54, 1.807) is 0 Å². The lowest BCUT2D eigenvalue weighted by Gasteiger charge is -2.35. The van der Waals surface area contributed by atoms with Crippen LogP contribution in [0.2, 0.25) is 0 Å². The maximum absolute atomic E-state index is 6.26. The Bertz CT molecular complexity index is 413. The Kier molecular flexibility index (Phi) is 5.58. The number of ether oxygens (including phenoxy) is 1. The van der Waals surface area contributed by atoms with Crippen LogP contribution in [-0.4, -0.2) is 37.2 Å². The average Bonchev–Trinajstić information content (AvgIpc) is 2.42. The molecule has 3 heteroatoms. The van der Waals surface area contributed by atoms with Crippen LogP contribution in [0.25, 0.3) is 0 Å². The average molecular weight is 276 g/mol. The fourth-order valence-electron chi connectivity index (χ4n) is 3.23. The number of nitrogens with two attached hydrogens (primary N) is 1. The standard InChI is InChI=1S/C17H28N2O/c1-13-8-4-5-10-16(13)17(14(2)18)19(3)12-15-9-6-7-11-20-15/h4-5,8,10,14-15,17H,6-7,9,11-12,18H2,1-3H3. The summed E-state index contributed by atoms with van der Waals surface area (Å²) in [5, 5.41) is 0. The third kappa shape index (κ3) is 3.81. The van der Waals surface area contributed by atoms with Gasteiger partial charge in [-0.25, -0.2) is 0 Å². The van der Waals surface area contributed by atoms with Gasteiger partial charge in [0.2, 0.25) is 0 Å². The Morgan fingerprint density at radius 1 is 1.35 bits per heavy atom. The summed E-state index contributed by atoms with van der Waals surface area (Å²) in [7, 11) is 2.17. The number of hydrogen-bond acceptors (Lipinski definition) is 3. The van der Waals surface area contributed by atoms with E-state index < -0.39 is 0 Å². The zero-order valence-electron chi connectivity index (χ0n) is 13.0. The van der Waals surface area contributed by atoms with Gasteiger partial charge in [0, 0.05) is 25.2 Å². The van der Waals surface area contributed by atoms with E-state index in [-0.39, 0.29) is 12.1 Å². The van der Waals surface area contributed by atoms with Gasteiger partial charge >= 0.3 is 0 Å². The van der Waals surface area contributed by atoms with E-state index in [1.807, 2.05) is 0 Å². The highest BCUT2D eigenvalue weighted by atomic mass is 16.5. The minimum Gasteiger partial charge on any atom is -0.377 e. The first kappa shape index (κ1) is 15.5. The molecule has 3 nitrogen and oxygen atoms in total. The second-order valence-electron chi connectivity index (χ2n) is 6.09. The van der Waals surface area contributed by atoms with Crippen molar-refractivity contribution < 1.29 is 4.74 Å². The second-order valence-corrected chi connectivity index (χ2v) is 6.09. The van der Waals surface area contributed by atoms with Crippen molar-refractivity contribution in [1.29, 1.82) is 0 Å². The molecule has 2 rings (SSSR count). The molecule has 0 bridgehead atoms. The van der Waals surface area contributed by atoms with Crippen LogP contribution in [0.15, 0.2) is 24.3 Å². The van der Waals surface area contributed by atoms with Crippen LogP contribution in [0.4, 0.5) is 0 Å². The molecule has 0 aromatic heterocycles. The summed E-state index contributed by atoms with van der Waals surface area (Å²) in [4.78, 5) is 2.36. The van der Waals surface area contributed by atoms with Crippen molar-refractivity contribution in [2.75, 3.05) is 20.2 Å². The Morgan fingerprint density at radius 3 is 2.70 bits per heavy atom. The predicted octanol–water partition coefficient (Wildman–Crippen LogP) is 2.88. The molecule has 20 heavy (non-hydrogen) atoms. The minimum absolute atomic E-state index is 0.102. The van der Waals surface area contributed by atoms with E-state index in [1.165, 1.54) is 30.4 Å². The molecule has 1 aromatic carbocycles. The van der Waals surface area contributed by atoms with Gasteiger partial charge in [0.05, 0.1) is 6.10 Å². The Morgan fingerprint density at radius 2 is 2.10 bits per heavy atom. The van der Waals surface area contributed by atoms with Gasteiger partial charge in [-0.2, -0.15) is 0 Å². The molecule has 3 unspecified atom stereocenters. The molecule has 0 radical (unpaired) electrons. The normalized spacial score (nSPS) is 22.8. The van der Waals surface area contributed by atoms with Crippen LogP contribution in [0.1, 0.15) is 43.4 Å². The van der Waals surface area contributed by atoms with Gasteiger partial charge in [-0.15, -0.1) is 0 Å². The number of aryl methyl sites for hydroxylation is 1. The van der Waals surface area contributed by atoms with Crippen LogP contribution >= 0.6 is 0 Å². The molecule has 1 fully saturated rings. The highest BCUT2D eigenvalue weighted by molar-refractivity contribution is 5.29. The lowest BCUT2D eigenvalue weighted by atomic mass is 9.95. The van der Waals surface area contributed by atoms with Crippen molar-refractivity contribution >= 4 is 0 Å². The Hall–Kier alpha value is -0.900. The third-order valence-corrected chi connectivity index (χ3v) is 4.25. The second kappa shape index (κ2) is 7.21. The van der Waals surface area contributed by atoms with Gasteiger partial charge in [0.25, 0.3) is 0 Å². The predicted molar refractivity (Wildman–Crippen MR) is 83.8 cm³/mol. The van der Waals surface area contributed by atoms with E-state index in [0.717, 1.165) is 13.2 Å². The molecule has 0 saturated carbocycles. The highest BCUT2D eigenvalue weighted by Gasteiger charge is 2.25. The quantitative estimate of drug-likeness (QED) is 0.898. The van der Waals surface area contributed by atoms with Crippen molar-refractivity contribution in [1.82, 2.24) is 4.90 Å². The van der Waals surface area contributed by atoms with Crippen molar-refractivity contribution in [3.8, 4) is 0 Å². The molecule has 1 saturated heterocycles. The summed E-state index contributed by atoms with van der Waals surface area (Å²) in [6, 6.07) is 8.90. The molecule has 112 valence electrons. The smallest absolute Gasteiger partial charge is 0.0702 e. The molecule has 0 aliphatic carbocycles. The SMILES string of the molecule is Cc1ccccc1C(C(C)N)N(C)CC1CCCCO1. The number of hydrogen-bond donors (Lipinski definition) is 1. The van der Waals surface area contributed by atoms with Crippen molar-refractivity contribution in [3.05, 3.63) is 35.4 Å². The van der Waals surface area contributed by atoms with E-state index in [4.69, 9.17) is 10.5 Å². The Balaban J connectivity index is 2.09. The fraction of sp³-hybridized carbons (Fsp3) is 0.647. The number of rotatable bonds is 5. The minimum atomic E-state index is 0.102. The van der Waals surface area contributed by atoms with Gasteiger partial charge in [-0.1, -0.05) is 24.3 Å². The maximum Gasteiger partial charge on any atom is 0.0702 e. The van der Waals surface area contributed by atoms with Crippen LogP contribution in [0.5, 0.6) is 0 Å². The molecule has 0 spiro atoms. The van der Waals surface area contributed by atoms with Crippen molar-refractivity contribution in [2.45, 2.75) is 51.3 Å². The van der Waals surface area contributed by atoms with Gasteiger partial charge in [-0.05, 0) is 51.3 Å². The van der Waals surface area contributed by atoms with Gasteiger partial charge in [0.15, 0.2) is 0 Å². The van der Waals surface area contributed by atoms with Gasteiger partial charge in [-0.3, -0.25) is 4.90 Å². The van der Waals surface area contributed by atoms with Crippen molar-refractivity contribution in [3.63, 3.8) is 0 Å². The lowest BCUT2D eigenvalue weighted by molar-refractivity contribution is -0.00990. The summed E-state index contributed by atoms with van der Waals surface area (Å²) < 4.78 is 5.86. The van der Waals surface area contributed by atoms with E-state index in [2.05, 4.69) is 50.1 Å². The summed E-state index contributed by atoms with van der Waals surface area (Å²) in [5.41, 5.74) is 8.91.